The zero-order chi connectivity index (χ0) is 16.0. The van der Waals surface area contributed by atoms with Gasteiger partial charge in [-0.3, -0.25) is 4.79 Å². The minimum Gasteiger partial charge on any atom is -0.342 e. The van der Waals surface area contributed by atoms with Crippen LogP contribution in [0.3, 0.4) is 0 Å². The van der Waals surface area contributed by atoms with E-state index >= 15 is 0 Å². The van der Waals surface area contributed by atoms with Gasteiger partial charge in [-0.25, -0.2) is 0 Å². The molecule has 0 aliphatic heterocycles. The highest BCUT2D eigenvalue weighted by molar-refractivity contribution is 5.76. The lowest BCUT2D eigenvalue weighted by atomic mass is 9.54. The van der Waals surface area contributed by atoms with Gasteiger partial charge in [0.15, 0.2) is 5.82 Å². The number of hydrogen-bond acceptors (Lipinski definition) is 4. The van der Waals surface area contributed by atoms with Crippen molar-refractivity contribution in [2.45, 2.75) is 64.3 Å². The van der Waals surface area contributed by atoms with Gasteiger partial charge in [0, 0.05) is 25.9 Å². The van der Waals surface area contributed by atoms with E-state index in [-0.39, 0.29) is 0 Å². The summed E-state index contributed by atoms with van der Waals surface area (Å²) in [7, 11) is 2.03. The number of hydrogen-bond donors (Lipinski definition) is 0. The number of carbonyl (C=O) groups is 1. The average molecular weight is 317 g/mol. The molecule has 1 aromatic heterocycles. The summed E-state index contributed by atoms with van der Waals surface area (Å²) in [6, 6.07) is 0.501. The first kappa shape index (κ1) is 15.2. The normalized spacial score (nSPS) is 34.8. The van der Waals surface area contributed by atoms with Crippen LogP contribution >= 0.6 is 0 Å². The van der Waals surface area contributed by atoms with Gasteiger partial charge in [-0.15, -0.1) is 0 Å². The largest absolute Gasteiger partial charge is 0.342 e. The van der Waals surface area contributed by atoms with E-state index in [1.165, 1.54) is 32.1 Å². The standard InChI is InChI=1S/C18H27N3O2/c1-11-19-16(23-20-11)4-3-5-17(22)21(2)18-14-7-12-6-13(9-14)10-15(18)8-12/h12-15,18H,3-10H2,1-2H3. The van der Waals surface area contributed by atoms with Crippen LogP contribution in [0.4, 0.5) is 0 Å². The van der Waals surface area contributed by atoms with Gasteiger partial charge in [0.05, 0.1) is 0 Å². The molecule has 0 aromatic carbocycles. The van der Waals surface area contributed by atoms with E-state index in [1.54, 1.807) is 0 Å². The second-order valence-corrected chi connectivity index (χ2v) is 8.01. The van der Waals surface area contributed by atoms with Crippen molar-refractivity contribution < 1.29 is 9.32 Å². The summed E-state index contributed by atoms with van der Waals surface area (Å²) >= 11 is 0. The Kier molecular flexibility index (Phi) is 3.90. The van der Waals surface area contributed by atoms with E-state index in [0.29, 0.717) is 36.5 Å². The molecule has 5 heteroatoms. The SMILES string of the molecule is Cc1noc(CCCC(=O)N(C)C2C3CC4CC(C3)CC2C4)n1. The van der Waals surface area contributed by atoms with E-state index < -0.39 is 0 Å². The molecule has 0 unspecified atom stereocenters. The Morgan fingerprint density at radius 2 is 1.83 bits per heavy atom. The minimum absolute atomic E-state index is 0.290. The van der Waals surface area contributed by atoms with E-state index in [2.05, 4.69) is 15.0 Å². The average Bonchev–Trinajstić information content (AvgIpc) is 2.91. The molecular weight excluding hydrogens is 290 g/mol. The summed E-state index contributed by atoms with van der Waals surface area (Å²) < 4.78 is 5.11. The quantitative estimate of drug-likeness (QED) is 0.837. The van der Waals surface area contributed by atoms with Crippen LogP contribution in [-0.2, 0) is 11.2 Å². The van der Waals surface area contributed by atoms with Crippen LogP contribution in [0.2, 0.25) is 0 Å². The molecule has 1 amide bonds. The Labute approximate surface area is 137 Å². The van der Waals surface area contributed by atoms with Crippen LogP contribution in [0.25, 0.3) is 0 Å². The molecule has 5 nitrogen and oxygen atoms in total. The number of rotatable bonds is 5. The molecule has 23 heavy (non-hydrogen) atoms. The van der Waals surface area contributed by atoms with Crippen molar-refractivity contribution in [2.24, 2.45) is 23.7 Å². The first-order chi connectivity index (χ1) is 11.1. The lowest BCUT2D eigenvalue weighted by Gasteiger charge is -2.56. The molecule has 0 radical (unpaired) electrons. The van der Waals surface area contributed by atoms with Crippen LogP contribution < -0.4 is 0 Å². The monoisotopic (exact) mass is 317 g/mol. The zero-order valence-corrected chi connectivity index (χ0v) is 14.2. The summed E-state index contributed by atoms with van der Waals surface area (Å²) in [6.45, 7) is 1.82. The van der Waals surface area contributed by atoms with Gasteiger partial charge in [-0.2, -0.15) is 4.98 Å². The lowest BCUT2D eigenvalue weighted by Crippen LogP contribution is -2.56. The molecule has 4 fully saturated rings. The molecule has 4 aliphatic rings. The third-order valence-electron chi connectivity index (χ3n) is 6.37. The number of aryl methyl sites for hydroxylation is 2. The summed E-state index contributed by atoms with van der Waals surface area (Å²) in [4.78, 5) is 18.9. The summed E-state index contributed by atoms with van der Waals surface area (Å²) in [5.41, 5.74) is 0. The molecule has 0 saturated heterocycles. The van der Waals surface area contributed by atoms with Crippen molar-refractivity contribution in [3.8, 4) is 0 Å². The van der Waals surface area contributed by atoms with Crippen molar-refractivity contribution in [1.29, 1.82) is 0 Å². The Balaban J connectivity index is 1.31. The fraction of sp³-hybridized carbons (Fsp3) is 0.833. The zero-order valence-electron chi connectivity index (χ0n) is 14.2. The van der Waals surface area contributed by atoms with Crippen molar-refractivity contribution in [1.82, 2.24) is 15.0 Å². The molecule has 4 aliphatic carbocycles. The molecule has 5 rings (SSSR count). The number of carbonyl (C=O) groups excluding carboxylic acids is 1. The molecule has 0 N–H and O–H groups in total. The van der Waals surface area contributed by atoms with Gasteiger partial charge in [-0.05, 0) is 69.1 Å². The third-order valence-corrected chi connectivity index (χ3v) is 6.37. The molecule has 1 aromatic rings. The molecular formula is C18H27N3O2. The second-order valence-electron chi connectivity index (χ2n) is 8.01. The maximum atomic E-state index is 12.6. The van der Waals surface area contributed by atoms with Gasteiger partial charge in [-0.1, -0.05) is 5.16 Å². The van der Waals surface area contributed by atoms with E-state index in [4.69, 9.17) is 4.52 Å². The summed E-state index contributed by atoms with van der Waals surface area (Å²) in [6.07, 6.45) is 8.96. The molecule has 0 atom stereocenters. The fourth-order valence-electron chi connectivity index (χ4n) is 5.70. The minimum atomic E-state index is 0.290. The van der Waals surface area contributed by atoms with Crippen LogP contribution in [0.1, 0.15) is 56.7 Å². The van der Waals surface area contributed by atoms with Crippen LogP contribution in [0.15, 0.2) is 4.52 Å². The maximum Gasteiger partial charge on any atom is 0.226 e. The van der Waals surface area contributed by atoms with E-state index in [1.807, 2.05) is 14.0 Å². The van der Waals surface area contributed by atoms with Crippen LogP contribution in [0, 0.1) is 30.6 Å². The fourth-order valence-corrected chi connectivity index (χ4v) is 5.70. The Morgan fingerprint density at radius 1 is 1.17 bits per heavy atom. The first-order valence-electron chi connectivity index (χ1n) is 9.15. The molecule has 126 valence electrons. The Bertz CT molecular complexity index is 555. The third kappa shape index (κ3) is 2.90. The van der Waals surface area contributed by atoms with Gasteiger partial charge in [0.2, 0.25) is 11.8 Å². The molecule has 4 saturated carbocycles. The van der Waals surface area contributed by atoms with Crippen molar-refractivity contribution in [2.75, 3.05) is 7.05 Å². The highest BCUT2D eigenvalue weighted by Crippen LogP contribution is 2.55. The van der Waals surface area contributed by atoms with Crippen molar-refractivity contribution in [3.05, 3.63) is 11.7 Å². The van der Waals surface area contributed by atoms with Crippen LogP contribution in [0.5, 0.6) is 0 Å². The van der Waals surface area contributed by atoms with Gasteiger partial charge >= 0.3 is 0 Å². The highest BCUT2D eigenvalue weighted by atomic mass is 16.5. The van der Waals surface area contributed by atoms with Crippen molar-refractivity contribution in [3.63, 3.8) is 0 Å². The predicted molar refractivity (Wildman–Crippen MR) is 85.6 cm³/mol. The first-order valence-corrected chi connectivity index (χ1v) is 9.15. The predicted octanol–water partition coefficient (Wildman–Crippen LogP) is 2.98. The van der Waals surface area contributed by atoms with Gasteiger partial charge in [0.1, 0.15) is 0 Å². The highest BCUT2D eigenvalue weighted by Gasteiger charge is 2.50. The smallest absolute Gasteiger partial charge is 0.226 e. The number of nitrogens with zero attached hydrogens (tertiary/aromatic N) is 3. The summed E-state index contributed by atoms with van der Waals surface area (Å²) in [5.74, 6) is 5.04. The van der Waals surface area contributed by atoms with Crippen LogP contribution in [-0.4, -0.2) is 34.0 Å². The van der Waals surface area contributed by atoms with Crippen molar-refractivity contribution >= 4 is 5.91 Å². The van der Waals surface area contributed by atoms with E-state index in [9.17, 15) is 4.79 Å². The van der Waals surface area contributed by atoms with E-state index in [0.717, 1.165) is 30.1 Å². The topological polar surface area (TPSA) is 59.2 Å². The Morgan fingerprint density at radius 3 is 2.39 bits per heavy atom. The summed E-state index contributed by atoms with van der Waals surface area (Å²) in [5, 5.41) is 3.79. The lowest BCUT2D eigenvalue weighted by molar-refractivity contribution is -0.141. The second kappa shape index (κ2) is 5.91. The van der Waals surface area contributed by atoms with Gasteiger partial charge in [0.25, 0.3) is 0 Å². The molecule has 4 bridgehead atoms. The number of aromatic nitrogens is 2. The molecule has 0 spiro atoms. The Hall–Kier alpha value is -1.39. The molecule has 1 heterocycles. The van der Waals surface area contributed by atoms with Gasteiger partial charge < -0.3 is 9.42 Å². The number of amides is 1. The maximum absolute atomic E-state index is 12.6.